The zero-order valence-corrected chi connectivity index (χ0v) is 8.62. The molecule has 0 fully saturated rings. The first-order valence-electron chi connectivity index (χ1n) is 4.14. The molecule has 0 saturated heterocycles. The van der Waals surface area contributed by atoms with Crippen molar-refractivity contribution in [2.75, 3.05) is 0 Å². The fraction of sp³-hybridized carbons (Fsp3) is 0.100. The van der Waals surface area contributed by atoms with Gasteiger partial charge in [-0.05, 0) is 23.8 Å². The monoisotopic (exact) mass is 248 g/mol. The SMILES string of the molecule is O=C(O)C=Cc1ccc(OC(F)F)c(Cl)c1. The lowest BCUT2D eigenvalue weighted by molar-refractivity contribution is -0.131. The third-order valence-electron chi connectivity index (χ3n) is 1.59. The van der Waals surface area contributed by atoms with E-state index in [9.17, 15) is 13.6 Å². The summed E-state index contributed by atoms with van der Waals surface area (Å²) in [5.74, 6) is -1.26. The molecule has 3 nitrogen and oxygen atoms in total. The molecule has 0 aliphatic heterocycles. The van der Waals surface area contributed by atoms with Crippen LogP contribution in [0.15, 0.2) is 24.3 Å². The van der Waals surface area contributed by atoms with Crippen molar-refractivity contribution in [3.8, 4) is 5.75 Å². The number of hydrogen-bond donors (Lipinski definition) is 1. The molecule has 1 rings (SSSR count). The molecule has 0 unspecified atom stereocenters. The quantitative estimate of drug-likeness (QED) is 0.833. The van der Waals surface area contributed by atoms with Gasteiger partial charge in [0.2, 0.25) is 0 Å². The zero-order valence-electron chi connectivity index (χ0n) is 7.86. The van der Waals surface area contributed by atoms with Crippen molar-refractivity contribution in [2.45, 2.75) is 6.61 Å². The normalized spacial score (nSPS) is 11.0. The Morgan fingerprint density at radius 3 is 2.69 bits per heavy atom. The minimum absolute atomic E-state index is 0.00663. The lowest BCUT2D eigenvalue weighted by Gasteiger charge is -2.06. The minimum atomic E-state index is -2.95. The Morgan fingerprint density at radius 2 is 2.19 bits per heavy atom. The Kier molecular flexibility index (Phi) is 4.25. The number of hydrogen-bond acceptors (Lipinski definition) is 2. The van der Waals surface area contributed by atoms with Crippen LogP contribution in [-0.4, -0.2) is 17.7 Å². The predicted molar refractivity (Wildman–Crippen MR) is 54.8 cm³/mol. The molecule has 0 atom stereocenters. The maximum absolute atomic E-state index is 11.9. The van der Waals surface area contributed by atoms with Gasteiger partial charge >= 0.3 is 12.6 Å². The number of aliphatic carboxylic acids is 1. The topological polar surface area (TPSA) is 46.5 Å². The summed E-state index contributed by atoms with van der Waals surface area (Å²) >= 11 is 5.65. The van der Waals surface area contributed by atoms with Crippen LogP contribution < -0.4 is 4.74 Å². The molecule has 16 heavy (non-hydrogen) atoms. The fourth-order valence-electron chi connectivity index (χ4n) is 0.980. The number of carboxylic acids is 1. The Morgan fingerprint density at radius 1 is 1.50 bits per heavy atom. The van der Waals surface area contributed by atoms with Crippen molar-refractivity contribution < 1.29 is 23.4 Å². The first kappa shape index (κ1) is 12.4. The molecule has 86 valence electrons. The first-order valence-corrected chi connectivity index (χ1v) is 4.52. The largest absolute Gasteiger partial charge is 0.478 e. The van der Waals surface area contributed by atoms with Gasteiger partial charge in [-0.25, -0.2) is 4.79 Å². The van der Waals surface area contributed by atoms with E-state index in [4.69, 9.17) is 16.7 Å². The van der Waals surface area contributed by atoms with Gasteiger partial charge in [-0.2, -0.15) is 8.78 Å². The Balaban J connectivity index is 2.86. The van der Waals surface area contributed by atoms with Gasteiger partial charge in [0.15, 0.2) is 0 Å². The van der Waals surface area contributed by atoms with Crippen molar-refractivity contribution in [3.63, 3.8) is 0 Å². The van der Waals surface area contributed by atoms with E-state index in [1.807, 2.05) is 0 Å². The van der Waals surface area contributed by atoms with Gasteiger partial charge in [0.05, 0.1) is 5.02 Å². The molecule has 0 radical (unpaired) electrons. The molecule has 1 aromatic rings. The number of benzene rings is 1. The van der Waals surface area contributed by atoms with Crippen molar-refractivity contribution in [1.82, 2.24) is 0 Å². The fourth-order valence-corrected chi connectivity index (χ4v) is 1.21. The molecule has 0 bridgehead atoms. The highest BCUT2D eigenvalue weighted by molar-refractivity contribution is 6.32. The van der Waals surface area contributed by atoms with Crippen LogP contribution in [0.3, 0.4) is 0 Å². The molecule has 0 heterocycles. The highest BCUT2D eigenvalue weighted by atomic mass is 35.5. The lowest BCUT2D eigenvalue weighted by Crippen LogP contribution is -2.02. The standard InChI is InChI=1S/C10H7ClF2O3/c11-7-5-6(2-4-9(14)15)1-3-8(7)16-10(12)13/h1-5,10H,(H,14,15). The van der Waals surface area contributed by atoms with Gasteiger partial charge in [-0.3, -0.25) is 0 Å². The van der Waals surface area contributed by atoms with E-state index in [0.717, 1.165) is 6.08 Å². The van der Waals surface area contributed by atoms with E-state index >= 15 is 0 Å². The summed E-state index contributed by atoms with van der Waals surface area (Å²) in [4.78, 5) is 10.2. The van der Waals surface area contributed by atoms with Crippen LogP contribution in [0.5, 0.6) is 5.75 Å². The minimum Gasteiger partial charge on any atom is -0.478 e. The van der Waals surface area contributed by atoms with Gasteiger partial charge in [0.25, 0.3) is 0 Å². The zero-order chi connectivity index (χ0) is 12.1. The second-order valence-corrected chi connectivity index (χ2v) is 3.15. The van der Waals surface area contributed by atoms with E-state index in [2.05, 4.69) is 4.74 Å². The van der Waals surface area contributed by atoms with Gasteiger partial charge in [0, 0.05) is 6.08 Å². The summed E-state index contributed by atoms with van der Waals surface area (Å²) in [6.07, 6.45) is 2.21. The summed E-state index contributed by atoms with van der Waals surface area (Å²) in [6, 6.07) is 4.00. The van der Waals surface area contributed by atoms with Crippen LogP contribution in [0.4, 0.5) is 8.78 Å². The van der Waals surface area contributed by atoms with Crippen LogP contribution in [-0.2, 0) is 4.79 Å². The summed E-state index contributed by atoms with van der Waals surface area (Å²) in [5, 5.41) is 8.37. The molecule has 0 aromatic heterocycles. The Labute approximate surface area is 94.9 Å². The van der Waals surface area contributed by atoms with E-state index < -0.39 is 12.6 Å². The highest BCUT2D eigenvalue weighted by Gasteiger charge is 2.08. The van der Waals surface area contributed by atoms with Crippen LogP contribution in [0, 0.1) is 0 Å². The number of ether oxygens (including phenoxy) is 1. The lowest BCUT2D eigenvalue weighted by atomic mass is 10.2. The van der Waals surface area contributed by atoms with Crippen molar-refractivity contribution in [2.24, 2.45) is 0 Å². The van der Waals surface area contributed by atoms with E-state index in [1.165, 1.54) is 24.3 Å². The third kappa shape index (κ3) is 3.86. The van der Waals surface area contributed by atoms with Gasteiger partial charge in [-0.15, -0.1) is 0 Å². The second-order valence-electron chi connectivity index (χ2n) is 2.74. The summed E-state index contributed by atoms with van der Waals surface area (Å²) < 4.78 is 27.9. The molecule has 0 spiro atoms. The number of alkyl halides is 2. The Bertz CT molecular complexity index is 419. The molecule has 1 N–H and O–H groups in total. The summed E-state index contributed by atoms with van der Waals surface area (Å²) in [5.41, 5.74) is 0.481. The van der Waals surface area contributed by atoms with Gasteiger partial charge in [0.1, 0.15) is 5.75 Å². The van der Waals surface area contributed by atoms with Crippen molar-refractivity contribution in [3.05, 3.63) is 34.9 Å². The van der Waals surface area contributed by atoms with E-state index in [-0.39, 0.29) is 10.8 Å². The molecule has 1 aromatic carbocycles. The Hall–Kier alpha value is -1.62. The molecular weight excluding hydrogens is 242 g/mol. The second kappa shape index (κ2) is 5.46. The summed E-state index contributed by atoms with van der Waals surface area (Å²) in [7, 11) is 0. The average Bonchev–Trinajstić information content (AvgIpc) is 2.18. The van der Waals surface area contributed by atoms with E-state index in [1.54, 1.807) is 0 Å². The van der Waals surface area contributed by atoms with Crippen LogP contribution in [0.1, 0.15) is 5.56 Å². The molecule has 0 saturated carbocycles. The van der Waals surface area contributed by atoms with Crippen molar-refractivity contribution >= 4 is 23.6 Å². The van der Waals surface area contributed by atoms with E-state index in [0.29, 0.717) is 5.56 Å². The van der Waals surface area contributed by atoms with Crippen LogP contribution in [0.25, 0.3) is 6.08 Å². The number of carbonyl (C=O) groups is 1. The maximum Gasteiger partial charge on any atom is 0.387 e. The smallest absolute Gasteiger partial charge is 0.387 e. The number of rotatable bonds is 4. The average molecular weight is 249 g/mol. The first-order chi connectivity index (χ1) is 7.49. The van der Waals surface area contributed by atoms with Gasteiger partial charge in [-0.1, -0.05) is 17.7 Å². The molecule has 0 amide bonds. The molecule has 6 heteroatoms. The van der Waals surface area contributed by atoms with Crippen molar-refractivity contribution in [1.29, 1.82) is 0 Å². The maximum atomic E-state index is 11.9. The highest BCUT2D eigenvalue weighted by Crippen LogP contribution is 2.27. The molecular formula is C10H7ClF2O3. The van der Waals surface area contributed by atoms with Gasteiger partial charge < -0.3 is 9.84 Å². The number of carboxylic acid groups (broad SMARTS) is 1. The van der Waals surface area contributed by atoms with Crippen LogP contribution >= 0.6 is 11.6 Å². The molecule has 0 aliphatic rings. The third-order valence-corrected chi connectivity index (χ3v) is 1.89. The number of halogens is 3. The molecule has 0 aliphatic carbocycles. The summed E-state index contributed by atoms with van der Waals surface area (Å²) in [6.45, 7) is -2.95. The predicted octanol–water partition coefficient (Wildman–Crippen LogP) is 3.04. The van der Waals surface area contributed by atoms with Crippen LogP contribution in [0.2, 0.25) is 5.02 Å².